The summed E-state index contributed by atoms with van der Waals surface area (Å²) in [5.74, 6) is 0.949. The van der Waals surface area contributed by atoms with Gasteiger partial charge in [0, 0.05) is 32.2 Å². The highest BCUT2D eigenvalue weighted by molar-refractivity contribution is 5.99. The maximum atomic E-state index is 13.7. The number of aromatic nitrogens is 3. The molecule has 0 saturated carbocycles. The van der Waals surface area contributed by atoms with Crippen LogP contribution in [-0.2, 0) is 5.41 Å². The van der Waals surface area contributed by atoms with Gasteiger partial charge < -0.3 is 20.2 Å². The molecule has 10 nitrogen and oxygen atoms in total. The van der Waals surface area contributed by atoms with Crippen LogP contribution < -0.4 is 15.5 Å². The Bertz CT molecular complexity index is 1300. The van der Waals surface area contributed by atoms with Gasteiger partial charge in [-0.3, -0.25) is 5.32 Å². The summed E-state index contributed by atoms with van der Waals surface area (Å²) >= 11 is 0. The average Bonchev–Trinajstić information content (AvgIpc) is 3.34. The van der Waals surface area contributed by atoms with Gasteiger partial charge in [-0.25, -0.2) is 28.0 Å². The first kappa shape index (κ1) is 26.8. The van der Waals surface area contributed by atoms with Crippen molar-refractivity contribution in [3.05, 3.63) is 59.4 Å². The number of hydrogen-bond acceptors (Lipinski definition) is 5. The van der Waals surface area contributed by atoms with E-state index in [1.54, 1.807) is 31.2 Å². The minimum Gasteiger partial charge on any atom is -0.465 e. The van der Waals surface area contributed by atoms with Gasteiger partial charge in [0.05, 0.1) is 28.2 Å². The van der Waals surface area contributed by atoms with E-state index >= 15 is 0 Å². The zero-order valence-corrected chi connectivity index (χ0v) is 21.5. The lowest BCUT2D eigenvalue weighted by atomic mass is 9.90. The Hall–Kier alpha value is -4.22. The number of nitrogens with zero attached hydrogens (tertiary/aromatic N) is 5. The minimum atomic E-state index is -1.44. The number of hydrogen-bond donors (Lipinski definition) is 3. The molecule has 1 saturated heterocycles. The van der Waals surface area contributed by atoms with Crippen LogP contribution >= 0.6 is 0 Å². The van der Waals surface area contributed by atoms with Crippen molar-refractivity contribution in [1.82, 2.24) is 19.7 Å². The number of amides is 3. The molecule has 3 amide bonds. The molecule has 0 atom stereocenters. The highest BCUT2D eigenvalue weighted by Gasteiger charge is 2.31. The number of pyridine rings is 1. The number of carboxylic acid groups (broad SMARTS) is 1. The van der Waals surface area contributed by atoms with Crippen molar-refractivity contribution in [2.75, 3.05) is 55.1 Å². The van der Waals surface area contributed by atoms with Gasteiger partial charge in [0.1, 0.15) is 25.0 Å². The van der Waals surface area contributed by atoms with Crippen molar-refractivity contribution in [3.63, 3.8) is 0 Å². The van der Waals surface area contributed by atoms with E-state index in [0.29, 0.717) is 49.1 Å². The van der Waals surface area contributed by atoms with Crippen LogP contribution in [0.4, 0.5) is 35.7 Å². The summed E-state index contributed by atoms with van der Waals surface area (Å²) in [7, 11) is 0. The third-order valence-electron chi connectivity index (χ3n) is 6.63. The first-order chi connectivity index (χ1) is 18.1. The SMILES string of the molecule is Cc1ccc(-n2nc(C(C)(CF)CF)cc2NC(=O)Nc2ccc(N3CCN(C(=O)O)CC3)nc2C)cc1. The second kappa shape index (κ2) is 11.0. The topological polar surface area (TPSA) is 116 Å². The number of piperazine rings is 1. The summed E-state index contributed by atoms with van der Waals surface area (Å²) in [6, 6.07) is 11.8. The second-order valence-corrected chi connectivity index (χ2v) is 9.63. The van der Waals surface area contributed by atoms with Crippen LogP contribution in [-0.4, -0.2) is 76.4 Å². The van der Waals surface area contributed by atoms with Crippen molar-refractivity contribution in [1.29, 1.82) is 0 Å². The standard InChI is InChI=1S/C26H31F2N7O3/c1-17-4-6-19(7-5-17)35-23(14-21(32-35)26(3,15-27)16-28)31-24(36)30-20-8-9-22(29-18(20)2)33-10-12-34(13-11-33)25(37)38/h4-9,14H,10-13,15-16H2,1-3H3,(H,37,38)(H2,30,31,36). The van der Waals surface area contributed by atoms with E-state index in [9.17, 15) is 18.4 Å². The van der Waals surface area contributed by atoms with Crippen molar-refractivity contribution in [2.24, 2.45) is 0 Å². The predicted octanol–water partition coefficient (Wildman–Crippen LogP) is 4.52. The molecule has 1 aliphatic heterocycles. The highest BCUT2D eigenvalue weighted by atomic mass is 19.1. The summed E-state index contributed by atoms with van der Waals surface area (Å²) in [6.07, 6.45) is -0.936. The van der Waals surface area contributed by atoms with Crippen LogP contribution in [0.25, 0.3) is 5.69 Å². The second-order valence-electron chi connectivity index (χ2n) is 9.63. The van der Waals surface area contributed by atoms with Gasteiger partial charge in [0.25, 0.3) is 0 Å². The number of carbonyl (C=O) groups excluding carboxylic acids is 1. The van der Waals surface area contributed by atoms with Crippen LogP contribution in [0, 0.1) is 13.8 Å². The third-order valence-corrected chi connectivity index (χ3v) is 6.63. The fourth-order valence-corrected chi connectivity index (χ4v) is 4.07. The number of nitrogens with one attached hydrogen (secondary N) is 2. The first-order valence-corrected chi connectivity index (χ1v) is 12.2. The number of carbonyl (C=O) groups is 2. The van der Waals surface area contributed by atoms with Gasteiger partial charge >= 0.3 is 12.1 Å². The maximum absolute atomic E-state index is 13.7. The van der Waals surface area contributed by atoms with Crippen LogP contribution in [0.15, 0.2) is 42.5 Å². The molecule has 3 aromatic rings. The van der Waals surface area contributed by atoms with Gasteiger partial charge in [-0.15, -0.1) is 0 Å². The third kappa shape index (κ3) is 5.68. The molecule has 0 bridgehead atoms. The molecule has 0 unspecified atom stereocenters. The zero-order valence-electron chi connectivity index (χ0n) is 21.5. The lowest BCUT2D eigenvalue weighted by Gasteiger charge is -2.34. The number of halogens is 2. The summed E-state index contributed by atoms with van der Waals surface area (Å²) < 4.78 is 28.9. The van der Waals surface area contributed by atoms with Crippen LogP contribution in [0.2, 0.25) is 0 Å². The van der Waals surface area contributed by atoms with Crippen LogP contribution in [0.5, 0.6) is 0 Å². The van der Waals surface area contributed by atoms with Gasteiger partial charge in [0.2, 0.25) is 0 Å². The van der Waals surface area contributed by atoms with E-state index in [4.69, 9.17) is 5.11 Å². The Morgan fingerprint density at radius 1 is 1.00 bits per heavy atom. The Morgan fingerprint density at radius 2 is 1.66 bits per heavy atom. The largest absolute Gasteiger partial charge is 0.465 e. The Balaban J connectivity index is 1.51. The predicted molar refractivity (Wildman–Crippen MR) is 141 cm³/mol. The lowest BCUT2D eigenvalue weighted by Crippen LogP contribution is -2.48. The summed E-state index contributed by atoms with van der Waals surface area (Å²) in [4.78, 5) is 32.0. The molecule has 3 heterocycles. The summed E-state index contributed by atoms with van der Waals surface area (Å²) in [5, 5.41) is 19.1. The van der Waals surface area contributed by atoms with Crippen molar-refractivity contribution >= 4 is 29.4 Å². The Kier molecular flexibility index (Phi) is 7.79. The van der Waals surface area contributed by atoms with Crippen LogP contribution in [0.1, 0.15) is 23.9 Å². The fraction of sp³-hybridized carbons (Fsp3) is 0.385. The Morgan fingerprint density at radius 3 is 2.24 bits per heavy atom. The van der Waals surface area contributed by atoms with Crippen LogP contribution in [0.3, 0.4) is 0 Å². The first-order valence-electron chi connectivity index (χ1n) is 12.2. The van der Waals surface area contributed by atoms with Gasteiger partial charge in [0.15, 0.2) is 0 Å². The maximum Gasteiger partial charge on any atom is 0.407 e. The monoisotopic (exact) mass is 527 g/mol. The summed E-state index contributed by atoms with van der Waals surface area (Å²) in [5.41, 5.74) is 1.46. The molecule has 0 spiro atoms. The molecule has 202 valence electrons. The van der Waals surface area contributed by atoms with E-state index < -0.39 is 30.9 Å². The fourth-order valence-electron chi connectivity index (χ4n) is 4.07. The van der Waals surface area contributed by atoms with Crippen molar-refractivity contribution in [2.45, 2.75) is 26.2 Å². The number of benzene rings is 1. The van der Waals surface area contributed by atoms with Gasteiger partial charge in [-0.2, -0.15) is 5.10 Å². The molecular weight excluding hydrogens is 496 g/mol. The van der Waals surface area contributed by atoms with E-state index in [1.165, 1.54) is 22.6 Å². The van der Waals surface area contributed by atoms with E-state index in [1.807, 2.05) is 24.0 Å². The van der Waals surface area contributed by atoms with E-state index in [-0.39, 0.29) is 11.5 Å². The highest BCUT2D eigenvalue weighted by Crippen LogP contribution is 2.29. The normalized spacial score (nSPS) is 13.9. The quantitative estimate of drug-likeness (QED) is 0.416. The molecular formula is C26H31F2N7O3. The molecule has 1 aliphatic rings. The van der Waals surface area contributed by atoms with E-state index in [2.05, 4.69) is 20.7 Å². The lowest BCUT2D eigenvalue weighted by molar-refractivity contribution is 0.142. The van der Waals surface area contributed by atoms with Crippen molar-refractivity contribution in [3.8, 4) is 5.69 Å². The number of alkyl halides is 2. The number of urea groups is 1. The minimum absolute atomic E-state index is 0.184. The Labute approximate surface area is 219 Å². The smallest absolute Gasteiger partial charge is 0.407 e. The van der Waals surface area contributed by atoms with Gasteiger partial charge in [-0.05, 0) is 45.0 Å². The summed E-state index contributed by atoms with van der Waals surface area (Å²) in [6.45, 7) is 5.07. The number of rotatable bonds is 7. The number of anilines is 3. The van der Waals surface area contributed by atoms with Gasteiger partial charge in [-0.1, -0.05) is 17.7 Å². The number of aryl methyl sites for hydroxylation is 2. The molecule has 12 heteroatoms. The molecule has 4 rings (SSSR count). The molecule has 2 aromatic heterocycles. The molecule has 1 fully saturated rings. The molecule has 0 radical (unpaired) electrons. The molecule has 0 aliphatic carbocycles. The molecule has 1 aromatic carbocycles. The molecule has 38 heavy (non-hydrogen) atoms. The van der Waals surface area contributed by atoms with Crippen molar-refractivity contribution < 1.29 is 23.5 Å². The zero-order chi connectivity index (χ0) is 27.4. The average molecular weight is 528 g/mol. The molecule has 3 N–H and O–H groups in total. The van der Waals surface area contributed by atoms with E-state index in [0.717, 1.165) is 5.56 Å².